The lowest BCUT2D eigenvalue weighted by Crippen LogP contribution is -2.34. The van der Waals surface area contributed by atoms with Gasteiger partial charge >= 0.3 is 5.97 Å². The van der Waals surface area contributed by atoms with Gasteiger partial charge in [-0.3, -0.25) is 9.10 Å². The number of carbonyl (C=O) groups is 2. The fourth-order valence-electron chi connectivity index (χ4n) is 3.69. The first-order valence-corrected chi connectivity index (χ1v) is 11.8. The van der Waals surface area contributed by atoms with Gasteiger partial charge in [-0.15, -0.1) is 6.58 Å². The number of esters is 1. The first kappa shape index (κ1) is 22.3. The summed E-state index contributed by atoms with van der Waals surface area (Å²) >= 11 is 0. The third-order valence-electron chi connectivity index (χ3n) is 5.22. The lowest BCUT2D eigenvalue weighted by atomic mass is 10.00. The van der Waals surface area contributed by atoms with E-state index in [1.807, 2.05) is 0 Å². The van der Waals surface area contributed by atoms with Crippen molar-refractivity contribution in [1.29, 1.82) is 0 Å². The minimum atomic E-state index is -3.73. The van der Waals surface area contributed by atoms with Crippen LogP contribution in [0.3, 0.4) is 0 Å². The number of benzene rings is 3. The van der Waals surface area contributed by atoms with E-state index in [9.17, 15) is 18.0 Å². The Hall–Kier alpha value is -3.91. The minimum absolute atomic E-state index is 0.113. The molecule has 0 fully saturated rings. The molecular weight excluding hydrogens is 440 g/mol. The van der Waals surface area contributed by atoms with Gasteiger partial charge in [0.2, 0.25) is 0 Å². The van der Waals surface area contributed by atoms with E-state index in [0.717, 1.165) is 0 Å². The van der Waals surface area contributed by atoms with E-state index in [4.69, 9.17) is 4.74 Å². The van der Waals surface area contributed by atoms with Crippen LogP contribution < -0.4 is 9.62 Å². The SMILES string of the molecule is C=CCN1c2ccc(C(=O)Nc3ccc(C(=O)OCC)cc3)cc2-c2ccccc2S1(=O)=O. The van der Waals surface area contributed by atoms with Crippen molar-refractivity contribution < 1.29 is 22.7 Å². The molecule has 0 spiro atoms. The van der Waals surface area contributed by atoms with E-state index in [1.54, 1.807) is 73.7 Å². The van der Waals surface area contributed by atoms with Crippen LogP contribution in [0.2, 0.25) is 0 Å². The summed E-state index contributed by atoms with van der Waals surface area (Å²) in [6, 6.07) is 18.0. The maximum atomic E-state index is 13.1. The standard InChI is InChI=1S/C25H22N2O5S/c1-3-15-27-22-14-11-18(16-21(22)20-7-5-6-8-23(20)33(27,30)31)24(28)26-19-12-9-17(10-13-19)25(29)32-4-2/h3,5-14,16H,1,4,15H2,2H3,(H,26,28). The molecule has 1 aliphatic heterocycles. The highest BCUT2D eigenvalue weighted by atomic mass is 32.2. The molecule has 0 aromatic heterocycles. The molecule has 1 heterocycles. The second-order valence-electron chi connectivity index (χ2n) is 7.30. The largest absolute Gasteiger partial charge is 0.462 e. The molecule has 8 heteroatoms. The van der Waals surface area contributed by atoms with E-state index in [1.165, 1.54) is 10.4 Å². The van der Waals surface area contributed by atoms with Crippen molar-refractivity contribution in [3.05, 3.63) is 90.5 Å². The van der Waals surface area contributed by atoms with Crippen molar-refractivity contribution in [2.45, 2.75) is 11.8 Å². The molecule has 168 valence electrons. The maximum absolute atomic E-state index is 13.1. The van der Waals surface area contributed by atoms with Crippen LogP contribution in [0, 0.1) is 0 Å². The number of rotatable bonds is 6. The molecule has 3 aromatic carbocycles. The van der Waals surface area contributed by atoms with Crippen LogP contribution in [-0.4, -0.2) is 33.4 Å². The fraction of sp³-hybridized carbons (Fsp3) is 0.120. The molecule has 1 amide bonds. The molecule has 1 aliphatic rings. The number of hydrogen-bond acceptors (Lipinski definition) is 5. The monoisotopic (exact) mass is 462 g/mol. The third kappa shape index (κ3) is 4.12. The summed E-state index contributed by atoms with van der Waals surface area (Å²) < 4.78 is 32.4. The third-order valence-corrected chi connectivity index (χ3v) is 7.06. The average molecular weight is 463 g/mol. The zero-order valence-corrected chi connectivity index (χ0v) is 18.8. The second kappa shape index (κ2) is 8.91. The summed E-state index contributed by atoms with van der Waals surface area (Å²) in [5.41, 5.74) is 2.96. The number of nitrogens with one attached hydrogen (secondary N) is 1. The molecule has 4 rings (SSSR count). The van der Waals surface area contributed by atoms with Gasteiger partial charge in [-0.05, 0) is 55.5 Å². The summed E-state index contributed by atoms with van der Waals surface area (Å²) in [5, 5.41) is 2.80. The van der Waals surface area contributed by atoms with Crippen molar-refractivity contribution in [3.63, 3.8) is 0 Å². The smallest absolute Gasteiger partial charge is 0.338 e. The number of hydrogen-bond donors (Lipinski definition) is 1. The van der Waals surface area contributed by atoms with Gasteiger partial charge in [0.1, 0.15) is 0 Å². The molecule has 0 bridgehead atoms. The van der Waals surface area contributed by atoms with Gasteiger partial charge in [-0.25, -0.2) is 13.2 Å². The van der Waals surface area contributed by atoms with Crippen molar-refractivity contribution in [3.8, 4) is 11.1 Å². The average Bonchev–Trinajstić information content (AvgIpc) is 2.82. The normalized spacial score (nSPS) is 13.4. The molecule has 1 N–H and O–H groups in total. The zero-order chi connectivity index (χ0) is 23.6. The summed E-state index contributed by atoms with van der Waals surface area (Å²) in [7, 11) is -3.73. The summed E-state index contributed by atoms with van der Waals surface area (Å²) in [5.74, 6) is -0.786. The highest BCUT2D eigenvalue weighted by Gasteiger charge is 2.34. The fourth-order valence-corrected chi connectivity index (χ4v) is 5.36. The quantitative estimate of drug-likeness (QED) is 0.431. The molecule has 0 saturated heterocycles. The molecule has 0 radical (unpaired) electrons. The van der Waals surface area contributed by atoms with Crippen molar-refractivity contribution >= 4 is 33.3 Å². The van der Waals surface area contributed by atoms with Crippen LogP contribution in [0.1, 0.15) is 27.6 Å². The Bertz CT molecular complexity index is 1350. The van der Waals surface area contributed by atoms with Gasteiger partial charge in [0, 0.05) is 22.4 Å². The Morgan fingerprint density at radius 1 is 1.00 bits per heavy atom. The number of anilines is 2. The highest BCUT2D eigenvalue weighted by molar-refractivity contribution is 7.93. The minimum Gasteiger partial charge on any atom is -0.462 e. The van der Waals surface area contributed by atoms with E-state index in [2.05, 4.69) is 11.9 Å². The van der Waals surface area contributed by atoms with E-state index < -0.39 is 16.0 Å². The molecule has 0 aliphatic carbocycles. The van der Waals surface area contributed by atoms with Gasteiger partial charge in [0.05, 0.1) is 29.3 Å². The van der Waals surface area contributed by atoms with E-state index in [-0.39, 0.29) is 24.0 Å². The highest BCUT2D eigenvalue weighted by Crippen LogP contribution is 2.43. The number of fused-ring (bicyclic) bond motifs is 3. The molecule has 0 unspecified atom stereocenters. The van der Waals surface area contributed by atoms with Crippen LogP contribution in [0.4, 0.5) is 11.4 Å². The number of carbonyl (C=O) groups excluding carboxylic acids is 2. The first-order valence-electron chi connectivity index (χ1n) is 10.3. The van der Waals surface area contributed by atoms with Crippen molar-refractivity contribution in [1.82, 2.24) is 0 Å². The number of ether oxygens (including phenoxy) is 1. The van der Waals surface area contributed by atoms with Gasteiger partial charge in [-0.2, -0.15) is 0 Å². The predicted octanol–water partition coefficient (Wildman–Crippen LogP) is 4.48. The zero-order valence-electron chi connectivity index (χ0n) is 17.9. The lowest BCUT2D eigenvalue weighted by Gasteiger charge is -2.31. The van der Waals surface area contributed by atoms with Crippen molar-refractivity contribution in [2.24, 2.45) is 0 Å². The van der Waals surface area contributed by atoms with Gasteiger partial charge in [0.25, 0.3) is 15.9 Å². The van der Waals surface area contributed by atoms with Gasteiger partial charge in [0.15, 0.2) is 0 Å². The molecule has 3 aromatic rings. The summed E-state index contributed by atoms with van der Waals surface area (Å²) in [6.07, 6.45) is 1.52. The number of nitrogens with zero attached hydrogens (tertiary/aromatic N) is 1. The molecule has 7 nitrogen and oxygen atoms in total. The first-order chi connectivity index (χ1) is 15.9. The van der Waals surface area contributed by atoms with Crippen molar-refractivity contribution in [2.75, 3.05) is 22.8 Å². The summed E-state index contributed by atoms with van der Waals surface area (Å²) in [4.78, 5) is 24.9. The van der Waals surface area contributed by atoms with Crippen LogP contribution in [0.25, 0.3) is 11.1 Å². The van der Waals surface area contributed by atoms with Gasteiger partial charge in [-0.1, -0.05) is 24.3 Å². The molecule has 0 saturated carbocycles. The van der Waals surface area contributed by atoms with Crippen LogP contribution in [0.5, 0.6) is 0 Å². The van der Waals surface area contributed by atoms with Crippen LogP contribution >= 0.6 is 0 Å². The Balaban J connectivity index is 1.66. The van der Waals surface area contributed by atoms with E-state index >= 15 is 0 Å². The summed E-state index contributed by atoms with van der Waals surface area (Å²) in [6.45, 7) is 5.80. The number of sulfonamides is 1. The van der Waals surface area contributed by atoms with Crippen LogP contribution in [0.15, 0.2) is 84.3 Å². The van der Waals surface area contributed by atoms with E-state index in [0.29, 0.717) is 33.6 Å². The molecular formula is C25H22N2O5S. The molecule has 0 atom stereocenters. The topological polar surface area (TPSA) is 92.8 Å². The Labute approximate surface area is 192 Å². The number of amides is 1. The Morgan fingerprint density at radius 2 is 1.70 bits per heavy atom. The van der Waals surface area contributed by atoms with Gasteiger partial charge < -0.3 is 10.1 Å². The second-order valence-corrected chi connectivity index (χ2v) is 9.14. The van der Waals surface area contributed by atoms with Crippen LogP contribution in [-0.2, 0) is 14.8 Å². The predicted molar refractivity (Wildman–Crippen MR) is 127 cm³/mol. The Morgan fingerprint density at radius 3 is 2.39 bits per heavy atom. The Kier molecular flexibility index (Phi) is 6.02. The lowest BCUT2D eigenvalue weighted by molar-refractivity contribution is 0.0526. The molecule has 33 heavy (non-hydrogen) atoms. The maximum Gasteiger partial charge on any atom is 0.338 e.